The molecule has 2 saturated heterocycles. The molecular weight excluding hydrogens is 388 g/mol. The number of hydrogen-bond acceptors (Lipinski definition) is 13. The third-order valence-electron chi connectivity index (χ3n) is 4.46. The SMILES string of the molecule is C[N+]([O-])=NCO[C@H]1O[C@H](CO)[C@@H](O)[C@H](O[C@@H]2O[C@H](CO)[C@@H](O)[C@H](O)[C@H]2O)[C@H]1O. The lowest BCUT2D eigenvalue weighted by atomic mass is 9.97. The van der Waals surface area contributed by atoms with Crippen molar-refractivity contribution in [2.45, 2.75) is 61.4 Å². The highest BCUT2D eigenvalue weighted by atomic mass is 16.7. The molecule has 2 fully saturated rings. The topological polar surface area (TPSA) is 217 Å². The zero-order valence-electron chi connectivity index (χ0n) is 15.0. The second kappa shape index (κ2) is 10.1. The van der Waals surface area contributed by atoms with Crippen LogP contribution in [0.5, 0.6) is 0 Å². The molecule has 0 aromatic heterocycles. The first-order chi connectivity index (χ1) is 13.2. The van der Waals surface area contributed by atoms with Gasteiger partial charge in [0, 0.05) is 0 Å². The summed E-state index contributed by atoms with van der Waals surface area (Å²) < 4.78 is 20.9. The Morgan fingerprint density at radius 1 is 0.857 bits per heavy atom. The maximum atomic E-state index is 10.8. The number of aliphatic hydroxyl groups is 7. The van der Waals surface area contributed by atoms with Crippen molar-refractivity contribution in [3.8, 4) is 0 Å². The van der Waals surface area contributed by atoms with E-state index in [1.54, 1.807) is 0 Å². The lowest BCUT2D eigenvalue weighted by molar-refractivity contribution is -0.505. The number of nitrogens with zero attached hydrogens (tertiary/aromatic N) is 2. The van der Waals surface area contributed by atoms with Crippen LogP contribution in [0.25, 0.3) is 0 Å². The molecule has 0 aromatic rings. The van der Waals surface area contributed by atoms with Crippen LogP contribution in [0.2, 0.25) is 0 Å². The van der Waals surface area contributed by atoms with E-state index in [1.165, 1.54) is 0 Å². The lowest BCUT2D eigenvalue weighted by Gasteiger charge is -2.45. The van der Waals surface area contributed by atoms with Crippen LogP contribution in [0, 0.1) is 5.21 Å². The average molecular weight is 414 g/mol. The first-order valence-electron chi connectivity index (χ1n) is 8.49. The smallest absolute Gasteiger partial charge is 0.203 e. The van der Waals surface area contributed by atoms with Gasteiger partial charge in [0.1, 0.15) is 48.8 Å². The predicted octanol–water partition coefficient (Wildman–Crippen LogP) is -4.82. The summed E-state index contributed by atoms with van der Waals surface area (Å²) in [4.78, 5) is 0.218. The van der Waals surface area contributed by atoms with Crippen LogP contribution in [0.3, 0.4) is 0 Å². The van der Waals surface area contributed by atoms with Gasteiger partial charge in [-0.15, -0.1) is 0 Å². The lowest BCUT2D eigenvalue weighted by Crippen LogP contribution is -2.64. The Morgan fingerprint density at radius 2 is 1.43 bits per heavy atom. The molecule has 7 N–H and O–H groups in total. The van der Waals surface area contributed by atoms with Crippen LogP contribution in [0.1, 0.15) is 0 Å². The van der Waals surface area contributed by atoms with Crippen LogP contribution in [-0.4, -0.2) is 129 Å². The number of rotatable bonds is 7. The van der Waals surface area contributed by atoms with Gasteiger partial charge in [0.2, 0.25) is 6.73 Å². The predicted molar refractivity (Wildman–Crippen MR) is 84.3 cm³/mol. The van der Waals surface area contributed by atoms with Crippen molar-refractivity contribution in [2.75, 3.05) is 27.0 Å². The second-order valence-corrected chi connectivity index (χ2v) is 6.41. The molecule has 0 aromatic carbocycles. The molecule has 2 heterocycles. The summed E-state index contributed by atoms with van der Waals surface area (Å²) in [6.07, 6.45) is -15.5. The van der Waals surface area contributed by atoms with Gasteiger partial charge in [-0.2, -0.15) is 0 Å². The average Bonchev–Trinajstić information content (AvgIpc) is 2.66. The van der Waals surface area contributed by atoms with Crippen molar-refractivity contribution in [3.63, 3.8) is 0 Å². The Balaban J connectivity index is 2.12. The van der Waals surface area contributed by atoms with Gasteiger partial charge in [-0.25, -0.2) is 0 Å². The van der Waals surface area contributed by atoms with E-state index in [0.29, 0.717) is 0 Å². The molecule has 0 saturated carbocycles. The van der Waals surface area contributed by atoms with Gasteiger partial charge in [0.25, 0.3) is 0 Å². The normalized spacial score (nSPS) is 45.2. The number of hydroxylamine groups is 1. The van der Waals surface area contributed by atoms with E-state index in [1.807, 2.05) is 0 Å². The van der Waals surface area contributed by atoms with Gasteiger partial charge in [-0.05, 0) is 5.11 Å². The molecular formula is C14H26N2O12. The van der Waals surface area contributed by atoms with Gasteiger partial charge >= 0.3 is 0 Å². The zero-order chi connectivity index (χ0) is 21.0. The minimum atomic E-state index is -1.77. The van der Waals surface area contributed by atoms with Crippen molar-refractivity contribution in [3.05, 3.63) is 5.21 Å². The molecule has 0 bridgehead atoms. The molecule has 164 valence electrons. The van der Waals surface area contributed by atoms with E-state index in [9.17, 15) is 41.0 Å². The number of ether oxygens (including phenoxy) is 4. The Hall–Kier alpha value is -1.04. The molecule has 10 atom stereocenters. The molecule has 0 radical (unpaired) electrons. The van der Waals surface area contributed by atoms with E-state index in [4.69, 9.17) is 18.9 Å². The van der Waals surface area contributed by atoms with Crippen LogP contribution < -0.4 is 0 Å². The fraction of sp³-hybridized carbons (Fsp3) is 1.00. The summed E-state index contributed by atoms with van der Waals surface area (Å²) in [6, 6.07) is 0. The summed E-state index contributed by atoms with van der Waals surface area (Å²) in [5, 5.41) is 83.0. The minimum Gasteiger partial charge on any atom is -0.600 e. The first-order valence-corrected chi connectivity index (χ1v) is 8.49. The highest BCUT2D eigenvalue weighted by Gasteiger charge is 2.50. The van der Waals surface area contributed by atoms with E-state index >= 15 is 0 Å². The molecule has 0 aliphatic carbocycles. The standard InChI is InChI=1S/C14H26N2O12/c1-16(24)15-4-25-13-11(23)12(8(20)6(3-18)26-13)28-14-10(22)9(21)7(19)5(2-17)27-14/h5-14,17-23H,2-4H2,1H3/t5-,6-,7-,8-,9+,10-,11-,12+,13+,14+/m1/s1. The summed E-state index contributed by atoms with van der Waals surface area (Å²) in [5.41, 5.74) is 0. The van der Waals surface area contributed by atoms with Gasteiger partial charge < -0.3 is 59.9 Å². The van der Waals surface area contributed by atoms with Crippen molar-refractivity contribution in [1.82, 2.24) is 0 Å². The van der Waals surface area contributed by atoms with E-state index in [0.717, 1.165) is 7.05 Å². The number of aliphatic hydroxyl groups excluding tert-OH is 7. The van der Waals surface area contributed by atoms with Gasteiger partial charge in [0.15, 0.2) is 19.6 Å². The van der Waals surface area contributed by atoms with E-state index < -0.39 is 81.4 Å². The molecule has 2 aliphatic heterocycles. The Morgan fingerprint density at radius 3 is 2.00 bits per heavy atom. The molecule has 2 aliphatic rings. The Bertz CT molecular complexity index is 519. The van der Waals surface area contributed by atoms with Crippen LogP contribution >= 0.6 is 0 Å². The highest BCUT2D eigenvalue weighted by molar-refractivity contribution is 4.94. The molecule has 0 spiro atoms. The van der Waals surface area contributed by atoms with Crippen molar-refractivity contribution < 1.29 is 59.6 Å². The van der Waals surface area contributed by atoms with Crippen molar-refractivity contribution in [1.29, 1.82) is 0 Å². The fourth-order valence-corrected chi connectivity index (χ4v) is 2.87. The number of azo groups is 1. The summed E-state index contributed by atoms with van der Waals surface area (Å²) in [6.45, 7) is -1.87. The number of hydrogen-bond donors (Lipinski definition) is 7. The second-order valence-electron chi connectivity index (χ2n) is 6.41. The third kappa shape index (κ3) is 5.11. The quantitative estimate of drug-likeness (QED) is 0.119. The zero-order valence-corrected chi connectivity index (χ0v) is 15.0. The monoisotopic (exact) mass is 414 g/mol. The summed E-state index contributed by atoms with van der Waals surface area (Å²) >= 11 is 0. The van der Waals surface area contributed by atoms with Crippen LogP contribution in [0.4, 0.5) is 0 Å². The molecule has 2 rings (SSSR count). The largest absolute Gasteiger partial charge is 0.600 e. The molecule has 0 amide bonds. The van der Waals surface area contributed by atoms with Crippen molar-refractivity contribution >= 4 is 0 Å². The van der Waals surface area contributed by atoms with Gasteiger partial charge in [-0.1, -0.05) is 4.86 Å². The van der Waals surface area contributed by atoms with Crippen LogP contribution in [0.15, 0.2) is 5.11 Å². The third-order valence-corrected chi connectivity index (χ3v) is 4.46. The summed E-state index contributed by atoms with van der Waals surface area (Å²) in [7, 11) is 1.10. The van der Waals surface area contributed by atoms with Crippen molar-refractivity contribution in [2.24, 2.45) is 5.11 Å². The molecule has 28 heavy (non-hydrogen) atoms. The molecule has 14 heteroatoms. The van der Waals surface area contributed by atoms with Gasteiger partial charge in [-0.3, -0.25) is 0 Å². The maximum Gasteiger partial charge on any atom is 0.203 e. The first kappa shape index (κ1) is 23.2. The maximum absolute atomic E-state index is 10.8. The minimum absolute atomic E-state index is 0.218. The fourth-order valence-electron chi connectivity index (χ4n) is 2.87. The molecule has 14 nitrogen and oxygen atoms in total. The molecule has 0 unspecified atom stereocenters. The van der Waals surface area contributed by atoms with E-state index in [-0.39, 0.29) is 4.86 Å². The van der Waals surface area contributed by atoms with Crippen LogP contribution in [-0.2, 0) is 18.9 Å². The van der Waals surface area contributed by atoms with E-state index in [2.05, 4.69) is 5.11 Å². The Kier molecular flexibility index (Phi) is 8.41. The van der Waals surface area contributed by atoms with Gasteiger partial charge in [0.05, 0.1) is 13.2 Å². The Labute approximate surface area is 159 Å². The summed E-state index contributed by atoms with van der Waals surface area (Å²) in [5.74, 6) is 0. The highest BCUT2D eigenvalue weighted by Crippen LogP contribution is 2.29.